The normalized spacial score (nSPS) is 11.1. The van der Waals surface area contributed by atoms with Crippen molar-refractivity contribution in [3.05, 3.63) is 86.1 Å². The minimum atomic E-state index is -0.151. The van der Waals surface area contributed by atoms with Gasteiger partial charge in [0.05, 0.1) is 34.4 Å². The quantitative estimate of drug-likeness (QED) is 0.336. The molecule has 2 aromatic carbocycles. The number of methoxy groups -OCH3 is 1. The molecule has 4 nitrogen and oxygen atoms in total. The van der Waals surface area contributed by atoms with Crippen LogP contribution in [0.2, 0.25) is 10.0 Å². The van der Waals surface area contributed by atoms with Gasteiger partial charge in [0, 0.05) is 17.3 Å². The molecule has 27 heavy (non-hydrogen) atoms. The molecular formula is C20H15BrCl2N2O2. The number of benzene rings is 2. The fourth-order valence-corrected chi connectivity index (χ4v) is 3.17. The van der Waals surface area contributed by atoms with Gasteiger partial charge in [0.15, 0.2) is 5.78 Å². The Morgan fingerprint density at radius 1 is 1.22 bits per heavy atom. The number of allylic oxidation sites excluding steroid dienone is 1. The number of aromatic nitrogens is 2. The molecule has 3 aromatic rings. The van der Waals surface area contributed by atoms with Gasteiger partial charge in [-0.05, 0) is 57.9 Å². The standard InChI is InChI=1S/C20H15BrCl2N2O2/c1-27-20-7-3-13(8-15(20)11-25-12-16(21)10-24-25)2-6-19(26)14-4-5-17(22)18(23)9-14/h2-10,12H,11H2,1H3/b6-2+. The fourth-order valence-electron chi connectivity index (χ4n) is 2.54. The SMILES string of the molecule is COc1ccc(/C=C/C(=O)c2ccc(Cl)c(Cl)c2)cc1Cn1cc(Br)cn1. The summed E-state index contributed by atoms with van der Waals surface area (Å²) in [6.07, 6.45) is 6.88. The van der Waals surface area contributed by atoms with E-state index < -0.39 is 0 Å². The van der Waals surface area contributed by atoms with Crippen molar-refractivity contribution in [2.75, 3.05) is 7.11 Å². The van der Waals surface area contributed by atoms with E-state index in [4.69, 9.17) is 27.9 Å². The van der Waals surface area contributed by atoms with E-state index in [1.807, 2.05) is 24.4 Å². The van der Waals surface area contributed by atoms with Gasteiger partial charge in [-0.1, -0.05) is 35.3 Å². The molecule has 0 aliphatic rings. The number of halogens is 3. The number of ketones is 1. The van der Waals surface area contributed by atoms with Crippen LogP contribution < -0.4 is 4.74 Å². The molecule has 1 heterocycles. The Bertz CT molecular complexity index is 1010. The molecule has 0 aliphatic heterocycles. The average Bonchev–Trinajstić information content (AvgIpc) is 3.07. The van der Waals surface area contributed by atoms with E-state index in [9.17, 15) is 4.79 Å². The van der Waals surface area contributed by atoms with Crippen molar-refractivity contribution in [1.82, 2.24) is 9.78 Å². The average molecular weight is 466 g/mol. The summed E-state index contributed by atoms with van der Waals surface area (Å²) < 4.78 is 8.14. The molecule has 3 rings (SSSR count). The number of hydrogen-bond donors (Lipinski definition) is 0. The monoisotopic (exact) mass is 464 g/mol. The summed E-state index contributed by atoms with van der Waals surface area (Å²) in [6.45, 7) is 0.553. The zero-order valence-electron chi connectivity index (χ0n) is 14.3. The van der Waals surface area contributed by atoms with E-state index in [0.29, 0.717) is 22.2 Å². The minimum absolute atomic E-state index is 0.151. The third kappa shape index (κ3) is 5.01. The van der Waals surface area contributed by atoms with Gasteiger partial charge in [0.2, 0.25) is 0 Å². The van der Waals surface area contributed by atoms with Crippen LogP contribution in [0.25, 0.3) is 6.08 Å². The molecule has 0 radical (unpaired) electrons. The van der Waals surface area contributed by atoms with Gasteiger partial charge in [-0.3, -0.25) is 9.48 Å². The molecule has 0 bridgehead atoms. The smallest absolute Gasteiger partial charge is 0.185 e. The first-order valence-electron chi connectivity index (χ1n) is 7.98. The zero-order valence-corrected chi connectivity index (χ0v) is 17.4. The molecule has 0 spiro atoms. The number of nitrogens with zero attached hydrogens (tertiary/aromatic N) is 2. The van der Waals surface area contributed by atoms with Gasteiger partial charge in [-0.2, -0.15) is 5.10 Å². The molecule has 138 valence electrons. The van der Waals surface area contributed by atoms with E-state index in [0.717, 1.165) is 21.3 Å². The Morgan fingerprint density at radius 3 is 2.70 bits per heavy atom. The number of ether oxygens (including phenoxy) is 1. The second-order valence-corrected chi connectivity index (χ2v) is 7.48. The molecule has 7 heteroatoms. The topological polar surface area (TPSA) is 44.1 Å². The van der Waals surface area contributed by atoms with Crippen molar-refractivity contribution in [3.8, 4) is 5.75 Å². The van der Waals surface area contributed by atoms with Gasteiger partial charge in [-0.15, -0.1) is 0 Å². The van der Waals surface area contributed by atoms with Gasteiger partial charge in [-0.25, -0.2) is 0 Å². The lowest BCUT2D eigenvalue weighted by Crippen LogP contribution is -2.02. The summed E-state index contributed by atoms with van der Waals surface area (Å²) in [5, 5.41) is 5.04. The Kier molecular flexibility index (Phi) is 6.37. The van der Waals surface area contributed by atoms with Crippen molar-refractivity contribution >= 4 is 51.0 Å². The first-order chi connectivity index (χ1) is 13.0. The van der Waals surface area contributed by atoms with Gasteiger partial charge in [0.1, 0.15) is 5.75 Å². The second-order valence-electron chi connectivity index (χ2n) is 5.75. The van der Waals surface area contributed by atoms with Crippen molar-refractivity contribution < 1.29 is 9.53 Å². The first kappa shape index (κ1) is 19.7. The molecular weight excluding hydrogens is 451 g/mol. The zero-order chi connectivity index (χ0) is 19.4. The Morgan fingerprint density at radius 2 is 2.04 bits per heavy atom. The summed E-state index contributed by atoms with van der Waals surface area (Å²) in [6, 6.07) is 10.5. The van der Waals surface area contributed by atoms with E-state index in [2.05, 4.69) is 21.0 Å². The molecule has 0 amide bonds. The van der Waals surface area contributed by atoms with Crippen LogP contribution in [0.15, 0.2) is 59.3 Å². The van der Waals surface area contributed by atoms with Gasteiger partial charge in [0.25, 0.3) is 0 Å². The fraction of sp³-hybridized carbons (Fsp3) is 0.100. The highest BCUT2D eigenvalue weighted by Gasteiger charge is 2.08. The largest absolute Gasteiger partial charge is 0.496 e. The molecule has 0 saturated heterocycles. The summed E-state index contributed by atoms with van der Waals surface area (Å²) in [7, 11) is 1.63. The number of rotatable bonds is 6. The van der Waals surface area contributed by atoms with Crippen LogP contribution in [0.5, 0.6) is 5.75 Å². The Hall–Kier alpha value is -2.08. The highest BCUT2D eigenvalue weighted by molar-refractivity contribution is 9.10. The van der Waals surface area contributed by atoms with Crippen molar-refractivity contribution in [1.29, 1.82) is 0 Å². The lowest BCUT2D eigenvalue weighted by atomic mass is 10.1. The van der Waals surface area contributed by atoms with E-state index >= 15 is 0 Å². The molecule has 0 atom stereocenters. The highest BCUT2D eigenvalue weighted by Crippen LogP contribution is 2.24. The molecule has 0 N–H and O–H groups in total. The molecule has 0 saturated carbocycles. The van der Waals surface area contributed by atoms with Crippen molar-refractivity contribution in [2.45, 2.75) is 6.54 Å². The molecule has 0 fully saturated rings. The van der Waals surface area contributed by atoms with Crippen LogP contribution in [0.1, 0.15) is 21.5 Å². The van der Waals surface area contributed by atoms with Crippen LogP contribution in [0, 0.1) is 0 Å². The Balaban J connectivity index is 1.81. The second kappa shape index (κ2) is 8.74. The summed E-state index contributed by atoms with van der Waals surface area (Å²) in [5.41, 5.74) is 2.32. The third-order valence-corrected chi connectivity index (χ3v) is 5.02. The third-order valence-electron chi connectivity index (χ3n) is 3.87. The summed E-state index contributed by atoms with van der Waals surface area (Å²) >= 11 is 15.3. The molecule has 0 aliphatic carbocycles. The van der Waals surface area contributed by atoms with Crippen LogP contribution >= 0.6 is 39.1 Å². The minimum Gasteiger partial charge on any atom is -0.496 e. The number of carbonyl (C=O) groups is 1. The van der Waals surface area contributed by atoms with E-state index in [-0.39, 0.29) is 5.78 Å². The Labute approximate surface area is 175 Å². The van der Waals surface area contributed by atoms with Crippen LogP contribution in [-0.4, -0.2) is 22.7 Å². The molecule has 1 aromatic heterocycles. The number of carbonyl (C=O) groups excluding carboxylic acids is 1. The maximum Gasteiger partial charge on any atom is 0.185 e. The van der Waals surface area contributed by atoms with Gasteiger partial charge < -0.3 is 4.74 Å². The van der Waals surface area contributed by atoms with Crippen molar-refractivity contribution in [3.63, 3.8) is 0 Å². The predicted molar refractivity (Wildman–Crippen MR) is 112 cm³/mol. The van der Waals surface area contributed by atoms with Crippen LogP contribution in [0.4, 0.5) is 0 Å². The summed E-state index contributed by atoms with van der Waals surface area (Å²) in [4.78, 5) is 12.4. The van der Waals surface area contributed by atoms with E-state index in [1.54, 1.807) is 42.3 Å². The van der Waals surface area contributed by atoms with Crippen LogP contribution in [0.3, 0.4) is 0 Å². The lowest BCUT2D eigenvalue weighted by Gasteiger charge is -2.09. The maximum atomic E-state index is 12.4. The summed E-state index contributed by atoms with van der Waals surface area (Å²) in [5.74, 6) is 0.608. The lowest BCUT2D eigenvalue weighted by molar-refractivity contribution is 0.104. The predicted octanol–water partition coefficient (Wildman–Crippen LogP) is 5.91. The van der Waals surface area contributed by atoms with Gasteiger partial charge >= 0.3 is 0 Å². The first-order valence-corrected chi connectivity index (χ1v) is 9.53. The van der Waals surface area contributed by atoms with Crippen molar-refractivity contribution in [2.24, 2.45) is 0 Å². The number of hydrogen-bond acceptors (Lipinski definition) is 3. The highest BCUT2D eigenvalue weighted by atomic mass is 79.9. The maximum absolute atomic E-state index is 12.4. The van der Waals surface area contributed by atoms with E-state index in [1.165, 1.54) is 6.08 Å². The molecule has 0 unspecified atom stereocenters. The van der Waals surface area contributed by atoms with Crippen LogP contribution in [-0.2, 0) is 6.54 Å².